The average Bonchev–Trinajstić information content (AvgIpc) is 2.68. The van der Waals surface area contributed by atoms with Crippen molar-refractivity contribution in [3.63, 3.8) is 0 Å². The zero-order chi connectivity index (χ0) is 19.7. The van der Waals surface area contributed by atoms with Gasteiger partial charge in [-0.25, -0.2) is 4.99 Å². The van der Waals surface area contributed by atoms with Gasteiger partial charge in [-0.3, -0.25) is 4.90 Å². The van der Waals surface area contributed by atoms with Crippen molar-refractivity contribution in [1.29, 1.82) is 0 Å². The van der Waals surface area contributed by atoms with Gasteiger partial charge in [-0.05, 0) is 50.4 Å². The Hall–Kier alpha value is -2.32. The molecule has 0 amide bonds. The molecular formula is C20H31N7O. The van der Waals surface area contributed by atoms with Crippen LogP contribution in [0.25, 0.3) is 0 Å². The fourth-order valence-corrected chi connectivity index (χ4v) is 4.63. The maximum atomic E-state index is 9.76. The molecule has 1 aromatic rings. The fraction of sp³-hybridized carbons (Fsp3) is 0.600. The van der Waals surface area contributed by atoms with Gasteiger partial charge in [0.2, 0.25) is 11.9 Å². The monoisotopic (exact) mass is 385 g/mol. The van der Waals surface area contributed by atoms with E-state index in [1.54, 1.807) is 0 Å². The molecule has 5 N–H and O–H groups in total. The molecule has 1 aliphatic carbocycles. The number of guanidine groups is 2. The highest BCUT2D eigenvalue weighted by molar-refractivity contribution is 6.07. The molecule has 0 aromatic heterocycles. The number of nitrogens with zero attached hydrogens (tertiary/aromatic N) is 5. The number of anilines is 2. The van der Waals surface area contributed by atoms with Crippen molar-refractivity contribution in [3.05, 3.63) is 23.8 Å². The summed E-state index contributed by atoms with van der Waals surface area (Å²) in [7, 11) is 2.15. The Morgan fingerprint density at radius 3 is 2.43 bits per heavy atom. The highest BCUT2D eigenvalue weighted by atomic mass is 16.3. The summed E-state index contributed by atoms with van der Waals surface area (Å²) in [5.74, 6) is 0.648. The number of nitrogens with two attached hydrogens (primary N) is 2. The van der Waals surface area contributed by atoms with E-state index in [1.165, 1.54) is 6.42 Å². The zero-order valence-corrected chi connectivity index (χ0v) is 16.6. The van der Waals surface area contributed by atoms with Crippen LogP contribution in [-0.4, -0.2) is 60.8 Å². The van der Waals surface area contributed by atoms with Gasteiger partial charge in [-0.2, -0.15) is 4.99 Å². The van der Waals surface area contributed by atoms with Gasteiger partial charge in [0.25, 0.3) is 0 Å². The van der Waals surface area contributed by atoms with E-state index in [-0.39, 0.29) is 12.6 Å². The molecule has 0 unspecified atom stereocenters. The lowest BCUT2D eigenvalue weighted by molar-refractivity contribution is 0.281. The molecule has 1 saturated carbocycles. The van der Waals surface area contributed by atoms with Crippen molar-refractivity contribution in [1.82, 2.24) is 4.90 Å². The van der Waals surface area contributed by atoms with Gasteiger partial charge in [0.15, 0.2) is 0 Å². The molecule has 2 heterocycles. The van der Waals surface area contributed by atoms with Gasteiger partial charge >= 0.3 is 0 Å². The molecule has 0 bridgehead atoms. The Balaban J connectivity index is 1.80. The molecule has 8 heteroatoms. The Morgan fingerprint density at radius 2 is 1.75 bits per heavy atom. The third kappa shape index (κ3) is 3.42. The molecule has 152 valence electrons. The maximum Gasteiger partial charge on any atom is 0.220 e. The van der Waals surface area contributed by atoms with Crippen LogP contribution in [0.5, 0.6) is 0 Å². The number of rotatable bonds is 3. The first kappa shape index (κ1) is 19.0. The van der Waals surface area contributed by atoms with Crippen molar-refractivity contribution in [3.8, 4) is 0 Å². The number of aliphatic hydroxyl groups excluding tert-OH is 1. The van der Waals surface area contributed by atoms with Crippen molar-refractivity contribution in [2.75, 3.05) is 43.0 Å². The summed E-state index contributed by atoms with van der Waals surface area (Å²) < 4.78 is 0. The minimum atomic E-state index is -0.483. The lowest BCUT2D eigenvalue weighted by Crippen LogP contribution is -2.58. The van der Waals surface area contributed by atoms with Crippen molar-refractivity contribution >= 4 is 23.3 Å². The van der Waals surface area contributed by atoms with Crippen LogP contribution in [0.2, 0.25) is 0 Å². The van der Waals surface area contributed by atoms with Crippen molar-refractivity contribution in [2.45, 2.75) is 44.4 Å². The van der Waals surface area contributed by atoms with Crippen molar-refractivity contribution in [2.24, 2.45) is 21.5 Å². The molecule has 4 rings (SSSR count). The van der Waals surface area contributed by atoms with Gasteiger partial charge in [0.1, 0.15) is 5.66 Å². The molecule has 1 aromatic carbocycles. The summed E-state index contributed by atoms with van der Waals surface area (Å²) >= 11 is 0. The van der Waals surface area contributed by atoms with Crippen LogP contribution in [-0.2, 0) is 6.61 Å². The van der Waals surface area contributed by atoms with Crippen LogP contribution in [0.1, 0.15) is 37.7 Å². The minimum absolute atomic E-state index is 0.0146. The molecule has 0 radical (unpaired) electrons. The Morgan fingerprint density at radius 1 is 1.04 bits per heavy atom. The molecule has 28 heavy (non-hydrogen) atoms. The van der Waals surface area contributed by atoms with Crippen molar-refractivity contribution < 1.29 is 5.11 Å². The summed E-state index contributed by atoms with van der Waals surface area (Å²) in [6.45, 7) is 3.91. The Kier molecular flexibility index (Phi) is 5.16. The first-order chi connectivity index (χ1) is 13.5. The van der Waals surface area contributed by atoms with E-state index in [9.17, 15) is 5.11 Å². The number of aliphatic imine (C=N–C) groups is 2. The predicted octanol–water partition coefficient (Wildman–Crippen LogP) is 1.04. The SMILES string of the molecule is CN1CCN(c2ccc(CO)cc2N2C(N)=NC(N)=NC23CCCCC3)CC1. The second kappa shape index (κ2) is 7.60. The first-order valence-corrected chi connectivity index (χ1v) is 10.2. The smallest absolute Gasteiger partial charge is 0.220 e. The van der Waals surface area contributed by atoms with Crippen LogP contribution < -0.4 is 21.3 Å². The normalized spacial score (nSPS) is 22.9. The third-order valence-corrected chi connectivity index (χ3v) is 6.16. The number of piperazine rings is 1. The molecule has 3 aliphatic rings. The second-order valence-corrected chi connectivity index (χ2v) is 8.09. The molecule has 2 fully saturated rings. The summed E-state index contributed by atoms with van der Waals surface area (Å²) in [5, 5.41) is 9.76. The highest BCUT2D eigenvalue weighted by Gasteiger charge is 2.43. The molecule has 0 atom stereocenters. The molecule has 2 aliphatic heterocycles. The Bertz CT molecular complexity index is 777. The lowest BCUT2D eigenvalue weighted by Gasteiger charge is -2.47. The summed E-state index contributed by atoms with van der Waals surface area (Å²) in [6, 6.07) is 6.11. The fourth-order valence-electron chi connectivity index (χ4n) is 4.63. The van der Waals surface area contributed by atoms with Crippen LogP contribution in [0, 0.1) is 0 Å². The van der Waals surface area contributed by atoms with Gasteiger partial charge in [0, 0.05) is 26.2 Å². The molecular weight excluding hydrogens is 354 g/mol. The Labute approximate surface area is 166 Å². The van der Waals surface area contributed by atoms with E-state index < -0.39 is 5.66 Å². The van der Waals surface area contributed by atoms with E-state index in [4.69, 9.17) is 16.5 Å². The van der Waals surface area contributed by atoms with Crippen LogP contribution in [0.3, 0.4) is 0 Å². The molecule has 8 nitrogen and oxygen atoms in total. The number of hydrogen-bond donors (Lipinski definition) is 3. The van der Waals surface area contributed by atoms with Gasteiger partial charge in [-0.1, -0.05) is 12.5 Å². The zero-order valence-electron chi connectivity index (χ0n) is 16.6. The molecule has 1 saturated heterocycles. The number of hydrogen-bond acceptors (Lipinski definition) is 8. The van der Waals surface area contributed by atoms with Crippen LogP contribution in [0.15, 0.2) is 28.2 Å². The van der Waals surface area contributed by atoms with E-state index in [0.717, 1.165) is 68.8 Å². The average molecular weight is 386 g/mol. The minimum Gasteiger partial charge on any atom is -0.392 e. The topological polar surface area (TPSA) is 107 Å². The predicted molar refractivity (Wildman–Crippen MR) is 114 cm³/mol. The van der Waals surface area contributed by atoms with Gasteiger partial charge < -0.3 is 26.4 Å². The number of likely N-dealkylation sites (N-methyl/N-ethyl adjacent to an activating group) is 1. The molecule has 1 spiro atoms. The summed E-state index contributed by atoms with van der Waals surface area (Å²) in [6.07, 6.45) is 5.17. The quantitative estimate of drug-likeness (QED) is 0.718. The van der Waals surface area contributed by atoms with E-state index in [0.29, 0.717) is 5.96 Å². The van der Waals surface area contributed by atoms with E-state index >= 15 is 0 Å². The number of benzene rings is 1. The van der Waals surface area contributed by atoms with Crippen LogP contribution in [0.4, 0.5) is 11.4 Å². The standard InChI is InChI=1S/C20H31N7O/c1-25-9-11-26(12-10-25)16-6-5-15(14-28)13-17(16)27-19(22)23-18(21)24-20(27)7-3-2-4-8-20/h5-6,13,28H,2-4,7-12,14H2,1H3,(H4,21,22,23,24). The second-order valence-electron chi connectivity index (χ2n) is 8.09. The van der Waals surface area contributed by atoms with Gasteiger partial charge in [-0.15, -0.1) is 0 Å². The number of aliphatic hydroxyl groups is 1. The summed E-state index contributed by atoms with van der Waals surface area (Å²) in [5.41, 5.74) is 14.9. The lowest BCUT2D eigenvalue weighted by atomic mass is 9.87. The largest absolute Gasteiger partial charge is 0.392 e. The van der Waals surface area contributed by atoms with E-state index in [1.807, 2.05) is 12.1 Å². The maximum absolute atomic E-state index is 9.76. The highest BCUT2D eigenvalue weighted by Crippen LogP contribution is 2.43. The summed E-state index contributed by atoms with van der Waals surface area (Å²) in [4.78, 5) is 15.9. The van der Waals surface area contributed by atoms with E-state index in [2.05, 4.69) is 32.8 Å². The first-order valence-electron chi connectivity index (χ1n) is 10.2. The third-order valence-electron chi connectivity index (χ3n) is 6.16. The van der Waals surface area contributed by atoms with Crippen LogP contribution >= 0.6 is 0 Å². The van der Waals surface area contributed by atoms with Gasteiger partial charge in [0.05, 0.1) is 18.0 Å².